The summed E-state index contributed by atoms with van der Waals surface area (Å²) in [6.07, 6.45) is 0. The molecule has 1 aliphatic rings. The third-order valence-corrected chi connectivity index (χ3v) is 5.16. The van der Waals surface area contributed by atoms with Crippen LogP contribution >= 0.6 is 11.3 Å². The molecule has 0 aliphatic carbocycles. The molecule has 5 nitrogen and oxygen atoms in total. The summed E-state index contributed by atoms with van der Waals surface area (Å²) in [7, 11) is 3.74. The molecule has 0 bridgehead atoms. The monoisotopic (exact) mass is 311 g/mol. The van der Waals surface area contributed by atoms with Gasteiger partial charge in [0, 0.05) is 31.6 Å². The highest BCUT2D eigenvalue weighted by Gasteiger charge is 2.30. The molecule has 1 unspecified atom stereocenters. The molecule has 0 aromatic carbocycles. The van der Waals surface area contributed by atoms with Crippen LogP contribution < -0.4 is 15.4 Å². The molecule has 0 radical (unpaired) electrons. The van der Waals surface area contributed by atoms with E-state index in [0.29, 0.717) is 22.4 Å². The number of likely N-dealkylation sites (N-methyl/N-ethyl adjacent to an activating group) is 1. The third kappa shape index (κ3) is 3.01. The summed E-state index contributed by atoms with van der Waals surface area (Å²) in [4.78, 5) is 17.6. The zero-order valence-electron chi connectivity index (χ0n) is 13.5. The molecule has 1 atom stereocenters. The molecular weight excluding hydrogens is 286 g/mol. The van der Waals surface area contributed by atoms with Crippen LogP contribution in [0.4, 0.5) is 10.7 Å². The summed E-state index contributed by atoms with van der Waals surface area (Å²) in [6, 6.07) is 0.373. The maximum absolute atomic E-state index is 12.3. The highest BCUT2D eigenvalue weighted by atomic mass is 32.1. The van der Waals surface area contributed by atoms with Gasteiger partial charge in [0.25, 0.3) is 0 Å². The summed E-state index contributed by atoms with van der Waals surface area (Å²) >= 11 is 1.47. The van der Waals surface area contributed by atoms with Crippen molar-refractivity contribution in [2.45, 2.75) is 26.8 Å². The van der Waals surface area contributed by atoms with Gasteiger partial charge in [-0.2, -0.15) is 0 Å². The maximum Gasteiger partial charge on any atom is 0.177 e. The molecule has 0 saturated carbocycles. The van der Waals surface area contributed by atoms with E-state index in [1.165, 1.54) is 11.3 Å². The number of rotatable bonds is 4. The Bertz CT molecular complexity index is 527. The van der Waals surface area contributed by atoms with Gasteiger partial charge in [-0.3, -0.25) is 4.79 Å². The number of Topliss-reactive ketones (excluding diaryl/α,β-unsaturated/α-hetero) is 1. The minimum atomic E-state index is -0.0616. The first-order valence-corrected chi connectivity index (χ1v) is 8.14. The molecule has 1 aromatic heterocycles. The number of hydrogen-bond donors (Lipinski definition) is 1. The zero-order chi connectivity index (χ0) is 15.7. The molecule has 2 N–H and O–H groups in total. The molecule has 0 amide bonds. The van der Waals surface area contributed by atoms with E-state index in [-0.39, 0.29) is 11.7 Å². The van der Waals surface area contributed by atoms with Crippen molar-refractivity contribution in [2.24, 2.45) is 5.92 Å². The number of carbonyl (C=O) groups is 1. The van der Waals surface area contributed by atoms with E-state index in [1.54, 1.807) is 7.11 Å². The Morgan fingerprint density at radius 3 is 2.62 bits per heavy atom. The van der Waals surface area contributed by atoms with Crippen LogP contribution in [0.1, 0.15) is 30.4 Å². The van der Waals surface area contributed by atoms with E-state index in [0.717, 1.165) is 24.6 Å². The van der Waals surface area contributed by atoms with E-state index < -0.39 is 0 Å². The number of carbonyl (C=O) groups excluding carboxylic acids is 1. The molecule has 118 valence electrons. The number of nitrogen functional groups attached to an aromatic ring is 1. The van der Waals surface area contributed by atoms with Crippen LogP contribution in [-0.2, 0) is 0 Å². The SMILES string of the molecule is COc1c(N2CCN(C)CC2C)sc(C(=O)C(C)C)c1N. The van der Waals surface area contributed by atoms with Gasteiger partial charge in [0.05, 0.1) is 17.7 Å². The van der Waals surface area contributed by atoms with Gasteiger partial charge < -0.3 is 20.3 Å². The van der Waals surface area contributed by atoms with Crippen molar-refractivity contribution in [1.29, 1.82) is 0 Å². The summed E-state index contributed by atoms with van der Waals surface area (Å²) < 4.78 is 5.49. The minimum absolute atomic E-state index is 0.0616. The van der Waals surface area contributed by atoms with Gasteiger partial charge in [0.2, 0.25) is 0 Å². The average molecular weight is 311 g/mol. The highest BCUT2D eigenvalue weighted by molar-refractivity contribution is 7.19. The molecule has 2 heterocycles. The lowest BCUT2D eigenvalue weighted by Crippen LogP contribution is -2.50. The van der Waals surface area contributed by atoms with Crippen LogP contribution in [0.5, 0.6) is 5.75 Å². The lowest BCUT2D eigenvalue weighted by Gasteiger charge is -2.39. The molecule has 1 fully saturated rings. The van der Waals surface area contributed by atoms with E-state index in [1.807, 2.05) is 13.8 Å². The number of methoxy groups -OCH3 is 1. The Hall–Kier alpha value is -1.27. The second-order valence-electron chi connectivity index (χ2n) is 6.01. The van der Waals surface area contributed by atoms with Crippen molar-refractivity contribution < 1.29 is 9.53 Å². The summed E-state index contributed by atoms with van der Waals surface area (Å²) in [6.45, 7) is 8.89. The van der Waals surface area contributed by atoms with Crippen molar-refractivity contribution >= 4 is 27.8 Å². The highest BCUT2D eigenvalue weighted by Crippen LogP contribution is 2.46. The van der Waals surface area contributed by atoms with Gasteiger partial charge in [-0.05, 0) is 14.0 Å². The smallest absolute Gasteiger partial charge is 0.177 e. The summed E-state index contributed by atoms with van der Waals surface area (Å²) in [5.74, 6) is 0.678. The lowest BCUT2D eigenvalue weighted by atomic mass is 10.1. The molecule has 1 aromatic rings. The molecule has 1 saturated heterocycles. The van der Waals surface area contributed by atoms with Crippen molar-refractivity contribution in [1.82, 2.24) is 4.90 Å². The van der Waals surface area contributed by atoms with Crippen LogP contribution in [0.2, 0.25) is 0 Å². The Morgan fingerprint density at radius 2 is 2.10 bits per heavy atom. The first kappa shape index (κ1) is 16.1. The number of piperazine rings is 1. The van der Waals surface area contributed by atoms with E-state index in [4.69, 9.17) is 10.5 Å². The summed E-state index contributed by atoms with van der Waals surface area (Å²) in [5, 5.41) is 0.986. The molecule has 21 heavy (non-hydrogen) atoms. The van der Waals surface area contributed by atoms with Crippen molar-refractivity contribution in [3.8, 4) is 5.75 Å². The molecular formula is C15H25N3O2S. The van der Waals surface area contributed by atoms with Crippen molar-refractivity contribution in [2.75, 3.05) is 44.4 Å². The van der Waals surface area contributed by atoms with Crippen LogP contribution in [-0.4, -0.2) is 50.5 Å². The van der Waals surface area contributed by atoms with E-state index in [2.05, 4.69) is 23.8 Å². The Kier molecular flexibility index (Phi) is 4.78. The maximum atomic E-state index is 12.3. The minimum Gasteiger partial charge on any atom is -0.492 e. The number of hydrogen-bond acceptors (Lipinski definition) is 6. The standard InChI is InChI=1S/C15H25N3O2S/c1-9(2)12(19)14-11(16)13(20-5)15(21-14)18-7-6-17(4)8-10(18)3/h9-10H,6-8,16H2,1-5H3. The van der Waals surface area contributed by atoms with Gasteiger partial charge in [-0.15, -0.1) is 11.3 Å². The predicted octanol–water partition coefficient (Wildman–Crippen LogP) is 2.32. The van der Waals surface area contributed by atoms with Crippen LogP contribution in [0.3, 0.4) is 0 Å². The number of nitrogens with zero attached hydrogens (tertiary/aromatic N) is 2. The molecule has 1 aliphatic heterocycles. The largest absolute Gasteiger partial charge is 0.492 e. The first-order chi connectivity index (χ1) is 9.86. The lowest BCUT2D eigenvalue weighted by molar-refractivity contribution is 0.0944. The summed E-state index contributed by atoms with van der Waals surface area (Å²) in [5.41, 5.74) is 6.65. The second-order valence-corrected chi connectivity index (χ2v) is 7.01. The van der Waals surface area contributed by atoms with Gasteiger partial charge in [0.15, 0.2) is 11.5 Å². The van der Waals surface area contributed by atoms with Crippen LogP contribution in [0.15, 0.2) is 0 Å². The molecule has 6 heteroatoms. The van der Waals surface area contributed by atoms with Gasteiger partial charge in [-0.1, -0.05) is 13.8 Å². The second kappa shape index (κ2) is 6.23. The topological polar surface area (TPSA) is 58.8 Å². The van der Waals surface area contributed by atoms with E-state index in [9.17, 15) is 4.79 Å². The number of ether oxygens (including phenoxy) is 1. The molecule has 0 spiro atoms. The number of thiophene rings is 1. The fraction of sp³-hybridized carbons (Fsp3) is 0.667. The Morgan fingerprint density at radius 1 is 1.43 bits per heavy atom. The fourth-order valence-electron chi connectivity index (χ4n) is 2.69. The normalized spacial score (nSPS) is 20.1. The number of anilines is 2. The van der Waals surface area contributed by atoms with Gasteiger partial charge in [0.1, 0.15) is 5.00 Å². The predicted molar refractivity (Wildman–Crippen MR) is 88.8 cm³/mol. The quantitative estimate of drug-likeness (QED) is 0.865. The van der Waals surface area contributed by atoms with Crippen LogP contribution in [0, 0.1) is 5.92 Å². The molecule has 2 rings (SSSR count). The average Bonchev–Trinajstić information content (AvgIpc) is 2.74. The van der Waals surface area contributed by atoms with Crippen LogP contribution in [0.25, 0.3) is 0 Å². The Labute approximate surface area is 130 Å². The third-order valence-electron chi connectivity index (χ3n) is 3.93. The van der Waals surface area contributed by atoms with Gasteiger partial charge in [-0.25, -0.2) is 0 Å². The fourth-order valence-corrected chi connectivity index (χ4v) is 4.10. The van der Waals surface area contributed by atoms with Crippen molar-refractivity contribution in [3.05, 3.63) is 4.88 Å². The van der Waals surface area contributed by atoms with Gasteiger partial charge >= 0.3 is 0 Å². The number of ketones is 1. The number of nitrogens with two attached hydrogens (primary N) is 1. The van der Waals surface area contributed by atoms with E-state index >= 15 is 0 Å². The zero-order valence-corrected chi connectivity index (χ0v) is 14.3. The van der Waals surface area contributed by atoms with Crippen molar-refractivity contribution in [3.63, 3.8) is 0 Å². The Balaban J connectivity index is 2.40. The first-order valence-electron chi connectivity index (χ1n) is 7.32.